The standard InChI is InChI=1S/C25H17F2N5O/c26-16-8-9-21(27)19(12-16)23(32-14-15-4-1-2-6-22(15)31-32)7-3-5-17-18-10-11-29-25(18)30-13-20(17)24(28)33/h1-2,4,6,8-14,23H,7H2,(H2,28,33)(H,29,30). The van der Waals surface area contributed by atoms with Crippen LogP contribution in [0.15, 0.2) is 67.1 Å². The van der Waals surface area contributed by atoms with Gasteiger partial charge in [-0.3, -0.25) is 9.48 Å². The van der Waals surface area contributed by atoms with Crippen LogP contribution in [0.4, 0.5) is 8.78 Å². The van der Waals surface area contributed by atoms with E-state index in [-0.39, 0.29) is 17.5 Å². The van der Waals surface area contributed by atoms with Crippen LogP contribution in [0.25, 0.3) is 21.9 Å². The van der Waals surface area contributed by atoms with Gasteiger partial charge in [0.2, 0.25) is 0 Å². The Morgan fingerprint density at radius 3 is 2.85 bits per heavy atom. The van der Waals surface area contributed by atoms with Gasteiger partial charge < -0.3 is 10.7 Å². The van der Waals surface area contributed by atoms with E-state index >= 15 is 0 Å². The summed E-state index contributed by atoms with van der Waals surface area (Å²) in [7, 11) is 0. The fourth-order valence-corrected chi connectivity index (χ4v) is 3.82. The van der Waals surface area contributed by atoms with Crippen molar-refractivity contribution in [3.63, 3.8) is 0 Å². The number of aromatic amines is 1. The number of nitrogens with one attached hydrogen (secondary N) is 1. The zero-order chi connectivity index (χ0) is 22.9. The summed E-state index contributed by atoms with van der Waals surface area (Å²) in [5.74, 6) is 4.25. The minimum atomic E-state index is -0.693. The van der Waals surface area contributed by atoms with Crippen molar-refractivity contribution in [2.45, 2.75) is 12.5 Å². The Morgan fingerprint density at radius 1 is 1.18 bits per heavy atom. The number of nitrogens with two attached hydrogens (primary N) is 1. The van der Waals surface area contributed by atoms with Crippen LogP contribution in [-0.2, 0) is 0 Å². The third-order valence-corrected chi connectivity index (χ3v) is 5.43. The van der Waals surface area contributed by atoms with Crippen LogP contribution in [0.1, 0.15) is 33.9 Å². The lowest BCUT2D eigenvalue weighted by Gasteiger charge is -2.16. The van der Waals surface area contributed by atoms with E-state index in [4.69, 9.17) is 5.73 Å². The van der Waals surface area contributed by atoms with Gasteiger partial charge in [0.05, 0.1) is 17.1 Å². The molecule has 0 saturated carbocycles. The predicted octanol–water partition coefficient (Wildman–Crippen LogP) is 4.32. The Balaban J connectivity index is 1.60. The van der Waals surface area contributed by atoms with E-state index in [1.54, 1.807) is 23.1 Å². The third kappa shape index (κ3) is 3.81. The Labute approximate surface area is 187 Å². The molecule has 3 heterocycles. The number of hydrogen-bond donors (Lipinski definition) is 2. The maximum Gasteiger partial charge on any atom is 0.251 e. The summed E-state index contributed by atoms with van der Waals surface area (Å²) in [6, 6.07) is 11.8. The van der Waals surface area contributed by atoms with Crippen molar-refractivity contribution in [3.05, 3.63) is 95.4 Å². The topological polar surface area (TPSA) is 89.6 Å². The first-order valence-electron chi connectivity index (χ1n) is 10.1. The number of nitrogens with zero attached hydrogens (tertiary/aromatic N) is 3. The van der Waals surface area contributed by atoms with Gasteiger partial charge >= 0.3 is 0 Å². The first-order valence-corrected chi connectivity index (χ1v) is 10.1. The Kier molecular flexibility index (Phi) is 5.07. The molecule has 0 aliphatic heterocycles. The highest BCUT2D eigenvalue weighted by atomic mass is 19.1. The molecule has 5 rings (SSSR count). The Morgan fingerprint density at radius 2 is 2.03 bits per heavy atom. The highest BCUT2D eigenvalue weighted by molar-refractivity contribution is 6.00. The number of carbonyl (C=O) groups excluding carboxylic acids is 1. The number of amides is 1. The van der Waals surface area contributed by atoms with E-state index in [1.807, 2.05) is 24.3 Å². The molecule has 33 heavy (non-hydrogen) atoms. The van der Waals surface area contributed by atoms with Crippen LogP contribution in [-0.4, -0.2) is 25.7 Å². The molecule has 162 valence electrons. The second kappa shape index (κ2) is 8.20. The Hall–Kier alpha value is -4.51. The summed E-state index contributed by atoms with van der Waals surface area (Å²) < 4.78 is 30.3. The second-order valence-corrected chi connectivity index (χ2v) is 7.51. The quantitative estimate of drug-likeness (QED) is 0.407. The number of primary amides is 1. The summed E-state index contributed by atoms with van der Waals surface area (Å²) in [5.41, 5.74) is 7.55. The van der Waals surface area contributed by atoms with Crippen LogP contribution in [0.2, 0.25) is 0 Å². The fraction of sp³-hybridized carbons (Fsp3) is 0.0800. The monoisotopic (exact) mass is 441 g/mol. The Bertz CT molecular complexity index is 1540. The molecule has 0 saturated heterocycles. The van der Waals surface area contributed by atoms with Crippen LogP contribution < -0.4 is 5.73 Å². The molecule has 3 N–H and O–H groups in total. The van der Waals surface area contributed by atoms with E-state index in [0.29, 0.717) is 16.6 Å². The molecule has 6 nitrogen and oxygen atoms in total. The maximum atomic E-state index is 14.7. The molecule has 5 aromatic rings. The van der Waals surface area contributed by atoms with Crippen LogP contribution in [0, 0.1) is 23.5 Å². The summed E-state index contributed by atoms with van der Waals surface area (Å²) in [6.07, 6.45) is 4.95. The molecule has 1 atom stereocenters. The summed E-state index contributed by atoms with van der Waals surface area (Å²) in [6.45, 7) is 0. The molecule has 0 bridgehead atoms. The predicted molar refractivity (Wildman–Crippen MR) is 120 cm³/mol. The highest BCUT2D eigenvalue weighted by Crippen LogP contribution is 2.27. The first kappa shape index (κ1) is 20.4. The van der Waals surface area contributed by atoms with Gasteiger partial charge in [-0.2, -0.15) is 5.10 Å². The number of pyridine rings is 1. The number of benzene rings is 2. The second-order valence-electron chi connectivity index (χ2n) is 7.51. The van der Waals surface area contributed by atoms with Gasteiger partial charge in [0.15, 0.2) is 0 Å². The lowest BCUT2D eigenvalue weighted by Crippen LogP contribution is -2.14. The number of hydrogen-bond acceptors (Lipinski definition) is 3. The van der Waals surface area contributed by atoms with Crippen molar-refractivity contribution in [1.29, 1.82) is 0 Å². The van der Waals surface area contributed by atoms with Gasteiger partial charge in [0.1, 0.15) is 17.3 Å². The summed E-state index contributed by atoms with van der Waals surface area (Å²) in [4.78, 5) is 19.1. The number of rotatable bonds is 4. The molecule has 0 aliphatic carbocycles. The van der Waals surface area contributed by atoms with Crippen LogP contribution >= 0.6 is 0 Å². The van der Waals surface area contributed by atoms with Gasteiger partial charge in [-0.1, -0.05) is 30.0 Å². The minimum absolute atomic E-state index is 0.112. The van der Waals surface area contributed by atoms with E-state index < -0.39 is 23.6 Å². The minimum Gasteiger partial charge on any atom is -0.366 e. The molecule has 8 heteroatoms. The van der Waals surface area contributed by atoms with Gasteiger partial charge in [-0.25, -0.2) is 13.8 Å². The lowest BCUT2D eigenvalue weighted by atomic mass is 10.0. The molecule has 3 aromatic heterocycles. The normalized spacial score (nSPS) is 11.9. The van der Waals surface area contributed by atoms with E-state index in [0.717, 1.165) is 29.1 Å². The molecule has 0 fully saturated rings. The highest BCUT2D eigenvalue weighted by Gasteiger charge is 2.20. The third-order valence-electron chi connectivity index (χ3n) is 5.43. The molecule has 0 radical (unpaired) electrons. The molecular formula is C25H17F2N5O. The molecule has 0 spiro atoms. The summed E-state index contributed by atoms with van der Waals surface area (Å²) in [5, 5.41) is 6.06. The zero-order valence-corrected chi connectivity index (χ0v) is 17.2. The van der Waals surface area contributed by atoms with Crippen molar-refractivity contribution in [3.8, 4) is 11.8 Å². The number of halogens is 2. The van der Waals surface area contributed by atoms with Gasteiger partial charge in [-0.05, 0) is 30.3 Å². The maximum absolute atomic E-state index is 14.7. The van der Waals surface area contributed by atoms with Gasteiger partial charge in [0.25, 0.3) is 5.91 Å². The molecular weight excluding hydrogens is 424 g/mol. The van der Waals surface area contributed by atoms with Gasteiger partial charge in [0, 0.05) is 46.9 Å². The molecule has 1 amide bonds. The smallest absolute Gasteiger partial charge is 0.251 e. The zero-order valence-electron chi connectivity index (χ0n) is 17.2. The molecule has 0 aliphatic rings. The van der Waals surface area contributed by atoms with Crippen molar-refractivity contribution in [1.82, 2.24) is 19.7 Å². The fourth-order valence-electron chi connectivity index (χ4n) is 3.82. The SMILES string of the molecule is NC(=O)c1cnc2[nH]ccc2c1C#CCC(c1cc(F)ccc1F)n1cc2ccccc2n1. The molecule has 2 aromatic carbocycles. The average molecular weight is 441 g/mol. The van der Waals surface area contributed by atoms with Crippen molar-refractivity contribution >= 4 is 27.8 Å². The van der Waals surface area contributed by atoms with Crippen LogP contribution in [0.3, 0.4) is 0 Å². The average Bonchev–Trinajstić information content (AvgIpc) is 3.45. The largest absolute Gasteiger partial charge is 0.366 e. The first-order chi connectivity index (χ1) is 16.0. The summed E-state index contributed by atoms with van der Waals surface area (Å²) >= 11 is 0. The number of H-pyrrole nitrogens is 1. The number of carbonyl (C=O) groups is 1. The van der Waals surface area contributed by atoms with Crippen LogP contribution in [0.5, 0.6) is 0 Å². The van der Waals surface area contributed by atoms with E-state index in [9.17, 15) is 13.6 Å². The number of fused-ring (bicyclic) bond motifs is 2. The van der Waals surface area contributed by atoms with E-state index in [1.165, 1.54) is 6.20 Å². The van der Waals surface area contributed by atoms with E-state index in [2.05, 4.69) is 26.9 Å². The van der Waals surface area contributed by atoms with Gasteiger partial charge in [-0.15, -0.1) is 0 Å². The molecule has 1 unspecified atom stereocenters. The van der Waals surface area contributed by atoms with Crippen molar-refractivity contribution in [2.75, 3.05) is 0 Å². The van der Waals surface area contributed by atoms with Crippen molar-refractivity contribution in [2.24, 2.45) is 5.73 Å². The number of aromatic nitrogens is 4. The lowest BCUT2D eigenvalue weighted by molar-refractivity contribution is 0.1000. The van der Waals surface area contributed by atoms with Crippen molar-refractivity contribution < 1.29 is 13.6 Å².